The molecule has 1 heterocycles. The van der Waals surface area contributed by atoms with E-state index in [0.717, 1.165) is 44.1 Å². The van der Waals surface area contributed by atoms with Gasteiger partial charge in [0.05, 0.1) is 6.61 Å². The lowest BCUT2D eigenvalue weighted by molar-refractivity contribution is -0.127. The molecule has 7 heteroatoms. The smallest absolute Gasteiger partial charge is 0.230 e. The number of carbonyl (C=O) groups excluding carboxylic acids is 1. The molecule has 2 aliphatic rings. The third kappa shape index (κ3) is 4.77. The van der Waals surface area contributed by atoms with Gasteiger partial charge in [-0.05, 0) is 56.2 Å². The number of aromatic nitrogens is 2. The second kappa shape index (κ2) is 8.54. The van der Waals surface area contributed by atoms with Crippen molar-refractivity contribution in [3.63, 3.8) is 0 Å². The average Bonchev–Trinajstić information content (AvgIpc) is 3.45. The lowest BCUT2D eigenvalue weighted by Crippen LogP contribution is -2.35. The standard InChI is InChI=1S/C21H25FN4O2/c22-16-6-2-7-17(12-16)25-21-24-13-18(14-8-9-14)20(26-21)28-11-3-10-23-19(27)15-4-1-5-15/h2,6-7,12-15H,1,3-5,8-11H2,(H,23,27)(H,24,25,26). The lowest BCUT2D eigenvalue weighted by Gasteiger charge is -2.24. The van der Waals surface area contributed by atoms with Gasteiger partial charge in [0.25, 0.3) is 0 Å². The summed E-state index contributed by atoms with van der Waals surface area (Å²) in [5.41, 5.74) is 1.60. The van der Waals surface area contributed by atoms with Crippen LogP contribution in [-0.2, 0) is 4.79 Å². The average molecular weight is 384 g/mol. The van der Waals surface area contributed by atoms with Crippen molar-refractivity contribution < 1.29 is 13.9 Å². The number of anilines is 2. The number of amides is 1. The van der Waals surface area contributed by atoms with Crippen LogP contribution >= 0.6 is 0 Å². The molecule has 1 amide bonds. The summed E-state index contributed by atoms with van der Waals surface area (Å²) in [7, 11) is 0. The third-order valence-electron chi connectivity index (χ3n) is 5.21. The Labute approximate surface area is 163 Å². The SMILES string of the molecule is O=C(NCCCOc1nc(Nc2cccc(F)c2)ncc1C1CC1)C1CCC1. The number of halogens is 1. The van der Waals surface area contributed by atoms with Crippen LogP contribution in [0.5, 0.6) is 5.88 Å². The van der Waals surface area contributed by atoms with Gasteiger partial charge < -0.3 is 15.4 Å². The van der Waals surface area contributed by atoms with Gasteiger partial charge >= 0.3 is 0 Å². The summed E-state index contributed by atoms with van der Waals surface area (Å²) >= 11 is 0. The van der Waals surface area contributed by atoms with Crippen LogP contribution in [0.15, 0.2) is 30.5 Å². The fraction of sp³-hybridized carbons (Fsp3) is 0.476. The zero-order valence-electron chi connectivity index (χ0n) is 15.8. The molecule has 0 atom stereocenters. The molecule has 6 nitrogen and oxygen atoms in total. The first kappa shape index (κ1) is 18.7. The molecular weight excluding hydrogens is 359 g/mol. The molecule has 0 spiro atoms. The first-order chi connectivity index (χ1) is 13.7. The largest absolute Gasteiger partial charge is 0.477 e. The van der Waals surface area contributed by atoms with Gasteiger partial charge in [-0.2, -0.15) is 4.98 Å². The normalized spacial score (nSPS) is 16.3. The predicted octanol–water partition coefficient (Wildman–Crippen LogP) is 3.92. The topological polar surface area (TPSA) is 76.1 Å². The molecule has 28 heavy (non-hydrogen) atoms. The molecule has 2 aliphatic carbocycles. The number of carbonyl (C=O) groups is 1. The van der Waals surface area contributed by atoms with Crippen molar-refractivity contribution in [3.8, 4) is 5.88 Å². The van der Waals surface area contributed by atoms with E-state index in [1.165, 1.54) is 12.1 Å². The molecule has 0 aliphatic heterocycles. The number of benzene rings is 1. The highest BCUT2D eigenvalue weighted by Gasteiger charge is 2.28. The van der Waals surface area contributed by atoms with E-state index in [2.05, 4.69) is 20.6 Å². The van der Waals surface area contributed by atoms with E-state index in [9.17, 15) is 9.18 Å². The van der Waals surface area contributed by atoms with Gasteiger partial charge in [0, 0.05) is 29.9 Å². The molecular formula is C21H25FN4O2. The summed E-state index contributed by atoms with van der Waals surface area (Å²) in [6, 6.07) is 6.17. The second-order valence-electron chi connectivity index (χ2n) is 7.48. The predicted molar refractivity (Wildman–Crippen MR) is 104 cm³/mol. The van der Waals surface area contributed by atoms with Crippen molar-refractivity contribution in [3.05, 3.63) is 41.8 Å². The van der Waals surface area contributed by atoms with Gasteiger partial charge in [-0.25, -0.2) is 9.37 Å². The van der Waals surface area contributed by atoms with Crippen LogP contribution in [0.3, 0.4) is 0 Å². The summed E-state index contributed by atoms with van der Waals surface area (Å²) in [6.45, 7) is 1.08. The molecule has 4 rings (SSSR count). The van der Waals surface area contributed by atoms with Crippen LogP contribution < -0.4 is 15.4 Å². The number of hydrogen-bond acceptors (Lipinski definition) is 5. The summed E-state index contributed by atoms with van der Waals surface area (Å²) in [5.74, 6) is 1.45. The molecule has 1 aromatic heterocycles. The quantitative estimate of drug-likeness (QED) is 0.641. The fourth-order valence-electron chi connectivity index (χ4n) is 3.19. The maximum Gasteiger partial charge on any atom is 0.230 e. The Morgan fingerprint density at radius 1 is 1.25 bits per heavy atom. The van der Waals surface area contributed by atoms with Gasteiger partial charge in [-0.1, -0.05) is 12.5 Å². The first-order valence-electron chi connectivity index (χ1n) is 9.99. The summed E-state index contributed by atoms with van der Waals surface area (Å²) in [4.78, 5) is 20.7. The minimum Gasteiger partial charge on any atom is -0.477 e. The number of hydrogen-bond donors (Lipinski definition) is 2. The fourth-order valence-corrected chi connectivity index (χ4v) is 3.19. The Morgan fingerprint density at radius 3 is 2.82 bits per heavy atom. The van der Waals surface area contributed by atoms with E-state index in [0.29, 0.717) is 36.6 Å². The van der Waals surface area contributed by atoms with Crippen molar-refractivity contribution in [1.29, 1.82) is 0 Å². The highest BCUT2D eigenvalue weighted by molar-refractivity contribution is 5.79. The number of nitrogens with one attached hydrogen (secondary N) is 2. The van der Waals surface area contributed by atoms with E-state index in [-0.39, 0.29) is 17.6 Å². The minimum absolute atomic E-state index is 0.161. The van der Waals surface area contributed by atoms with Crippen LogP contribution in [0, 0.1) is 11.7 Å². The van der Waals surface area contributed by atoms with Crippen molar-refractivity contribution in [2.75, 3.05) is 18.5 Å². The van der Waals surface area contributed by atoms with Gasteiger partial charge in [0.1, 0.15) is 5.82 Å². The van der Waals surface area contributed by atoms with E-state index in [4.69, 9.17) is 4.74 Å². The Balaban J connectivity index is 1.32. The van der Waals surface area contributed by atoms with Crippen molar-refractivity contribution >= 4 is 17.5 Å². The van der Waals surface area contributed by atoms with Crippen LogP contribution in [0.4, 0.5) is 16.0 Å². The van der Waals surface area contributed by atoms with E-state index >= 15 is 0 Å². The maximum absolute atomic E-state index is 13.4. The minimum atomic E-state index is -0.319. The van der Waals surface area contributed by atoms with Crippen LogP contribution in [-0.4, -0.2) is 29.0 Å². The summed E-state index contributed by atoms with van der Waals surface area (Å²) in [5, 5.41) is 5.98. The van der Waals surface area contributed by atoms with E-state index in [1.54, 1.807) is 18.3 Å². The molecule has 0 unspecified atom stereocenters. The zero-order valence-corrected chi connectivity index (χ0v) is 15.8. The molecule has 2 fully saturated rings. The molecule has 2 aromatic rings. The highest BCUT2D eigenvalue weighted by Crippen LogP contribution is 2.43. The molecule has 2 N–H and O–H groups in total. The number of nitrogens with zero attached hydrogens (tertiary/aromatic N) is 2. The first-order valence-corrected chi connectivity index (χ1v) is 9.99. The summed E-state index contributed by atoms with van der Waals surface area (Å²) in [6.07, 6.45) is 7.93. The Bertz CT molecular complexity index is 837. The molecule has 0 radical (unpaired) electrons. The molecule has 0 bridgehead atoms. The zero-order chi connectivity index (χ0) is 19.3. The van der Waals surface area contributed by atoms with Crippen LogP contribution in [0.2, 0.25) is 0 Å². The van der Waals surface area contributed by atoms with Crippen molar-refractivity contribution in [1.82, 2.24) is 15.3 Å². The van der Waals surface area contributed by atoms with Gasteiger partial charge in [0.15, 0.2) is 0 Å². The van der Waals surface area contributed by atoms with E-state index in [1.807, 2.05) is 0 Å². The Hall–Kier alpha value is -2.70. The molecule has 0 saturated heterocycles. The van der Waals surface area contributed by atoms with Crippen LogP contribution in [0.25, 0.3) is 0 Å². The maximum atomic E-state index is 13.4. The molecule has 2 saturated carbocycles. The third-order valence-corrected chi connectivity index (χ3v) is 5.21. The number of ether oxygens (including phenoxy) is 1. The van der Waals surface area contributed by atoms with Crippen molar-refractivity contribution in [2.24, 2.45) is 5.92 Å². The monoisotopic (exact) mass is 384 g/mol. The van der Waals surface area contributed by atoms with E-state index < -0.39 is 0 Å². The highest BCUT2D eigenvalue weighted by atomic mass is 19.1. The Kier molecular flexibility index (Phi) is 5.69. The van der Waals surface area contributed by atoms with Gasteiger partial charge in [-0.15, -0.1) is 0 Å². The van der Waals surface area contributed by atoms with Gasteiger partial charge in [-0.3, -0.25) is 4.79 Å². The molecule has 148 valence electrons. The second-order valence-corrected chi connectivity index (χ2v) is 7.48. The summed E-state index contributed by atoms with van der Waals surface area (Å²) < 4.78 is 19.3. The Morgan fingerprint density at radius 2 is 2.11 bits per heavy atom. The van der Waals surface area contributed by atoms with Crippen molar-refractivity contribution in [2.45, 2.75) is 44.4 Å². The van der Waals surface area contributed by atoms with Crippen LogP contribution in [0.1, 0.15) is 50.0 Å². The van der Waals surface area contributed by atoms with Gasteiger partial charge in [0.2, 0.25) is 17.7 Å². The lowest BCUT2D eigenvalue weighted by atomic mass is 9.85. The molecule has 1 aromatic carbocycles. The number of rotatable bonds is 9.